The molecule has 0 atom stereocenters. The van der Waals surface area contributed by atoms with Gasteiger partial charge in [-0.15, -0.1) is 0 Å². The first kappa shape index (κ1) is 12.7. The standard InChI is InChI=1S/C14H15Cl2N/c1-4-14(2,3)13-8-11(16)10-6-5-9(15)7-12(10)17-13/h5-8H,4H2,1-3H3. The summed E-state index contributed by atoms with van der Waals surface area (Å²) in [5.74, 6) is 0. The molecule has 2 rings (SSSR count). The molecule has 17 heavy (non-hydrogen) atoms. The van der Waals surface area contributed by atoms with Crippen LogP contribution in [-0.4, -0.2) is 4.98 Å². The maximum atomic E-state index is 6.29. The van der Waals surface area contributed by atoms with Gasteiger partial charge in [-0.3, -0.25) is 4.98 Å². The van der Waals surface area contributed by atoms with Crippen molar-refractivity contribution >= 4 is 34.1 Å². The van der Waals surface area contributed by atoms with Crippen LogP contribution in [0, 0.1) is 0 Å². The molecule has 0 amide bonds. The average molecular weight is 268 g/mol. The molecule has 0 aliphatic carbocycles. The second-order valence-corrected chi connectivity index (χ2v) is 5.73. The van der Waals surface area contributed by atoms with Crippen LogP contribution in [0.4, 0.5) is 0 Å². The van der Waals surface area contributed by atoms with E-state index in [4.69, 9.17) is 23.2 Å². The van der Waals surface area contributed by atoms with Crippen molar-refractivity contribution in [3.05, 3.63) is 40.0 Å². The molecule has 0 N–H and O–H groups in total. The second kappa shape index (κ2) is 4.47. The van der Waals surface area contributed by atoms with E-state index in [0.29, 0.717) is 5.02 Å². The first-order valence-corrected chi connectivity index (χ1v) is 6.46. The second-order valence-electron chi connectivity index (χ2n) is 4.89. The van der Waals surface area contributed by atoms with E-state index in [0.717, 1.165) is 28.0 Å². The van der Waals surface area contributed by atoms with E-state index in [1.807, 2.05) is 24.3 Å². The molecule has 0 fully saturated rings. The van der Waals surface area contributed by atoms with E-state index in [-0.39, 0.29) is 5.41 Å². The molecule has 1 nitrogen and oxygen atoms in total. The number of hydrogen-bond acceptors (Lipinski definition) is 1. The van der Waals surface area contributed by atoms with Gasteiger partial charge < -0.3 is 0 Å². The smallest absolute Gasteiger partial charge is 0.0735 e. The highest BCUT2D eigenvalue weighted by Gasteiger charge is 2.21. The highest BCUT2D eigenvalue weighted by Crippen LogP contribution is 2.32. The fraction of sp³-hybridized carbons (Fsp3) is 0.357. The Bertz CT molecular complexity index is 561. The van der Waals surface area contributed by atoms with Crippen molar-refractivity contribution in [1.82, 2.24) is 4.98 Å². The molecule has 0 aliphatic heterocycles. The summed E-state index contributed by atoms with van der Waals surface area (Å²) in [4.78, 5) is 4.67. The van der Waals surface area contributed by atoms with Crippen molar-refractivity contribution in [2.75, 3.05) is 0 Å². The predicted molar refractivity (Wildman–Crippen MR) is 75.1 cm³/mol. The lowest BCUT2D eigenvalue weighted by molar-refractivity contribution is 0.492. The third-order valence-corrected chi connectivity index (χ3v) is 3.85. The molecule has 0 spiro atoms. The summed E-state index contributed by atoms with van der Waals surface area (Å²) < 4.78 is 0. The lowest BCUT2D eigenvalue weighted by Crippen LogP contribution is -2.17. The third-order valence-electron chi connectivity index (χ3n) is 3.30. The van der Waals surface area contributed by atoms with E-state index < -0.39 is 0 Å². The van der Waals surface area contributed by atoms with E-state index in [2.05, 4.69) is 25.8 Å². The SMILES string of the molecule is CCC(C)(C)c1cc(Cl)c2ccc(Cl)cc2n1. The molecule has 0 saturated carbocycles. The van der Waals surface area contributed by atoms with Gasteiger partial charge in [-0.1, -0.05) is 44.0 Å². The van der Waals surface area contributed by atoms with E-state index in [1.165, 1.54) is 0 Å². The van der Waals surface area contributed by atoms with Gasteiger partial charge in [0.05, 0.1) is 10.5 Å². The number of benzene rings is 1. The Kier molecular flexibility index (Phi) is 3.33. The summed E-state index contributed by atoms with van der Waals surface area (Å²) in [5.41, 5.74) is 1.90. The molecule has 1 aromatic carbocycles. The van der Waals surface area contributed by atoms with E-state index in [9.17, 15) is 0 Å². The van der Waals surface area contributed by atoms with Crippen LogP contribution in [0.5, 0.6) is 0 Å². The van der Waals surface area contributed by atoms with Crippen LogP contribution in [0.15, 0.2) is 24.3 Å². The summed E-state index contributed by atoms with van der Waals surface area (Å²) >= 11 is 12.3. The molecular weight excluding hydrogens is 253 g/mol. The number of halogens is 2. The molecule has 3 heteroatoms. The highest BCUT2D eigenvalue weighted by atomic mass is 35.5. The van der Waals surface area contributed by atoms with Crippen LogP contribution < -0.4 is 0 Å². The van der Waals surface area contributed by atoms with Crippen LogP contribution in [0.25, 0.3) is 10.9 Å². The molecular formula is C14H15Cl2N. The van der Waals surface area contributed by atoms with Crippen LogP contribution in [0.3, 0.4) is 0 Å². The Morgan fingerprint density at radius 2 is 1.88 bits per heavy atom. The number of rotatable bonds is 2. The largest absolute Gasteiger partial charge is 0.252 e. The maximum Gasteiger partial charge on any atom is 0.0735 e. The zero-order chi connectivity index (χ0) is 12.6. The number of aromatic nitrogens is 1. The summed E-state index contributed by atoms with van der Waals surface area (Å²) in [5, 5.41) is 2.38. The van der Waals surface area contributed by atoms with Gasteiger partial charge in [-0.05, 0) is 30.7 Å². The summed E-state index contributed by atoms with van der Waals surface area (Å²) in [7, 11) is 0. The number of pyridine rings is 1. The summed E-state index contributed by atoms with van der Waals surface area (Å²) in [6.07, 6.45) is 1.02. The molecule has 0 bridgehead atoms. The van der Waals surface area contributed by atoms with Crippen molar-refractivity contribution in [3.8, 4) is 0 Å². The van der Waals surface area contributed by atoms with Crippen LogP contribution in [0.1, 0.15) is 32.9 Å². The number of nitrogens with zero attached hydrogens (tertiary/aromatic N) is 1. The molecule has 0 radical (unpaired) electrons. The van der Waals surface area contributed by atoms with Crippen LogP contribution in [0.2, 0.25) is 10.0 Å². The minimum Gasteiger partial charge on any atom is -0.252 e. The van der Waals surface area contributed by atoms with Gasteiger partial charge in [0.1, 0.15) is 0 Å². The number of fused-ring (bicyclic) bond motifs is 1. The van der Waals surface area contributed by atoms with Gasteiger partial charge >= 0.3 is 0 Å². The Hall–Kier alpha value is -0.790. The van der Waals surface area contributed by atoms with Crippen molar-refractivity contribution in [2.45, 2.75) is 32.6 Å². The molecule has 1 aromatic heterocycles. The quantitative estimate of drug-likeness (QED) is 0.726. The molecule has 0 aliphatic rings. The normalized spacial score (nSPS) is 12.1. The van der Waals surface area contributed by atoms with Gasteiger partial charge in [0.2, 0.25) is 0 Å². The van der Waals surface area contributed by atoms with Gasteiger partial charge in [-0.2, -0.15) is 0 Å². The van der Waals surface area contributed by atoms with Gasteiger partial charge in [-0.25, -0.2) is 0 Å². The molecule has 0 saturated heterocycles. The van der Waals surface area contributed by atoms with Gasteiger partial charge in [0.25, 0.3) is 0 Å². The van der Waals surface area contributed by atoms with Crippen molar-refractivity contribution in [1.29, 1.82) is 0 Å². The first-order chi connectivity index (χ1) is 7.94. The van der Waals surface area contributed by atoms with Crippen molar-refractivity contribution in [2.24, 2.45) is 0 Å². The fourth-order valence-electron chi connectivity index (χ4n) is 1.69. The molecule has 0 unspecified atom stereocenters. The summed E-state index contributed by atoms with van der Waals surface area (Å²) in [6, 6.07) is 7.57. The van der Waals surface area contributed by atoms with E-state index in [1.54, 1.807) is 0 Å². The molecule has 90 valence electrons. The van der Waals surface area contributed by atoms with Crippen molar-refractivity contribution < 1.29 is 0 Å². The van der Waals surface area contributed by atoms with Gasteiger partial charge in [0, 0.05) is 21.5 Å². The van der Waals surface area contributed by atoms with Crippen molar-refractivity contribution in [3.63, 3.8) is 0 Å². The van der Waals surface area contributed by atoms with Crippen LogP contribution in [-0.2, 0) is 5.41 Å². The molecule has 2 aromatic rings. The highest BCUT2D eigenvalue weighted by molar-refractivity contribution is 6.36. The Morgan fingerprint density at radius 1 is 1.18 bits per heavy atom. The van der Waals surface area contributed by atoms with Gasteiger partial charge in [0.15, 0.2) is 0 Å². The maximum absolute atomic E-state index is 6.29. The Morgan fingerprint density at radius 3 is 2.53 bits per heavy atom. The predicted octanol–water partition coefficient (Wildman–Crippen LogP) is 5.23. The van der Waals surface area contributed by atoms with Crippen LogP contribution >= 0.6 is 23.2 Å². The zero-order valence-electron chi connectivity index (χ0n) is 10.2. The average Bonchev–Trinajstić information content (AvgIpc) is 2.28. The topological polar surface area (TPSA) is 12.9 Å². The monoisotopic (exact) mass is 267 g/mol. The third kappa shape index (κ3) is 2.41. The number of hydrogen-bond donors (Lipinski definition) is 0. The fourth-order valence-corrected chi connectivity index (χ4v) is 2.12. The molecule has 1 heterocycles. The van der Waals surface area contributed by atoms with E-state index >= 15 is 0 Å². The lowest BCUT2D eigenvalue weighted by Gasteiger charge is -2.22. The minimum atomic E-state index is 0.0279. The summed E-state index contributed by atoms with van der Waals surface area (Å²) in [6.45, 7) is 6.49. The first-order valence-electron chi connectivity index (χ1n) is 5.70. The lowest BCUT2D eigenvalue weighted by atomic mass is 9.86. The Labute approximate surface area is 112 Å². The Balaban J connectivity index is 2.70. The minimum absolute atomic E-state index is 0.0279. The zero-order valence-corrected chi connectivity index (χ0v) is 11.7.